The minimum Gasteiger partial charge on any atom is -0.386 e. The van der Waals surface area contributed by atoms with Crippen LogP contribution in [0.3, 0.4) is 0 Å². The molecule has 0 aromatic carbocycles. The van der Waals surface area contributed by atoms with Gasteiger partial charge in [0.2, 0.25) is 9.84 Å². The first kappa shape index (κ1) is 10.7. The van der Waals surface area contributed by atoms with Gasteiger partial charge in [-0.3, -0.25) is 0 Å². The summed E-state index contributed by atoms with van der Waals surface area (Å²) in [6.07, 6.45) is 1.13. The van der Waals surface area contributed by atoms with E-state index in [-0.39, 0.29) is 0 Å². The van der Waals surface area contributed by atoms with E-state index in [9.17, 15) is 8.42 Å². The van der Waals surface area contributed by atoms with Gasteiger partial charge < -0.3 is 4.15 Å². The van der Waals surface area contributed by atoms with Crippen molar-refractivity contribution in [2.45, 2.75) is 0 Å². The lowest BCUT2D eigenvalue weighted by Gasteiger charge is -2.21. The van der Waals surface area contributed by atoms with Crippen molar-refractivity contribution in [1.29, 1.82) is 0 Å². The minimum absolute atomic E-state index is 0.633. The van der Waals surface area contributed by atoms with Gasteiger partial charge in [-0.1, -0.05) is 5.54 Å². The van der Waals surface area contributed by atoms with Crippen LogP contribution in [0, 0.1) is 10.8 Å². The number of nitrogens with zero attached hydrogens (tertiary/aromatic N) is 1. The van der Waals surface area contributed by atoms with Crippen LogP contribution in [0.4, 0.5) is 0 Å². The molecule has 5 heteroatoms. The number of sulfone groups is 1. The van der Waals surface area contributed by atoms with Crippen molar-refractivity contribution in [2.75, 3.05) is 27.4 Å². The number of quaternary nitrogens is 1. The van der Waals surface area contributed by atoms with E-state index in [0.29, 0.717) is 0 Å². The van der Waals surface area contributed by atoms with E-state index in [2.05, 4.69) is 10.8 Å². The molecule has 0 N–H and O–H groups in total. The zero-order valence-corrected chi connectivity index (χ0v) is 9.61. The SMILES string of the molecule is C[N+](C)(C)[SiH2]C#CS(C)(=O)=O. The van der Waals surface area contributed by atoms with Crippen molar-refractivity contribution in [3.8, 4) is 10.8 Å². The third-order valence-electron chi connectivity index (χ3n) is 0.811. The van der Waals surface area contributed by atoms with Crippen LogP contribution in [0.2, 0.25) is 0 Å². The van der Waals surface area contributed by atoms with Crippen LogP contribution in [-0.4, -0.2) is 49.6 Å². The van der Waals surface area contributed by atoms with Gasteiger partial charge >= 0.3 is 9.68 Å². The molecule has 3 nitrogen and oxygen atoms in total. The second kappa shape index (κ2) is 3.39. The summed E-state index contributed by atoms with van der Waals surface area (Å²) in [4.78, 5) is 0. The van der Waals surface area contributed by atoms with Crippen molar-refractivity contribution in [2.24, 2.45) is 0 Å². The van der Waals surface area contributed by atoms with Crippen LogP contribution in [0.15, 0.2) is 0 Å². The Labute approximate surface area is 70.8 Å². The predicted molar refractivity (Wildman–Crippen MR) is 49.2 cm³/mol. The molecule has 0 aromatic heterocycles. The van der Waals surface area contributed by atoms with Crippen molar-refractivity contribution >= 4 is 19.5 Å². The molecule has 0 aliphatic carbocycles. The van der Waals surface area contributed by atoms with Gasteiger partial charge in [0.15, 0.2) is 0 Å². The summed E-state index contributed by atoms with van der Waals surface area (Å²) in [6, 6.07) is 0. The second-order valence-corrected chi connectivity index (χ2v) is 7.82. The Hall–Kier alpha value is -0.313. The Morgan fingerprint density at radius 2 is 1.73 bits per heavy atom. The Morgan fingerprint density at radius 1 is 1.27 bits per heavy atom. The summed E-state index contributed by atoms with van der Waals surface area (Å²) in [7, 11) is 2.34. The summed E-state index contributed by atoms with van der Waals surface area (Å²) >= 11 is 0. The van der Waals surface area contributed by atoms with Gasteiger partial charge in [0.05, 0.1) is 27.4 Å². The second-order valence-electron chi connectivity index (χ2n) is 3.50. The van der Waals surface area contributed by atoms with Crippen LogP contribution < -0.4 is 0 Å². The summed E-state index contributed by atoms with van der Waals surface area (Å²) in [5.41, 5.74) is 2.74. The average molecular weight is 192 g/mol. The molecule has 0 atom stereocenters. The lowest BCUT2D eigenvalue weighted by molar-refractivity contribution is -0.753. The molecule has 64 valence electrons. The third-order valence-corrected chi connectivity index (χ3v) is 2.87. The Kier molecular flexibility index (Phi) is 3.29. The third kappa shape index (κ3) is 9.69. The van der Waals surface area contributed by atoms with Gasteiger partial charge in [0, 0.05) is 5.25 Å². The maximum Gasteiger partial charge on any atom is 0.336 e. The monoisotopic (exact) mass is 192 g/mol. The minimum atomic E-state index is -3.08. The maximum absolute atomic E-state index is 10.6. The molecule has 0 saturated heterocycles. The van der Waals surface area contributed by atoms with Gasteiger partial charge in [-0.05, 0) is 0 Å². The summed E-state index contributed by atoms with van der Waals surface area (Å²) < 4.78 is 21.9. The van der Waals surface area contributed by atoms with Crippen molar-refractivity contribution < 1.29 is 12.6 Å². The summed E-state index contributed by atoms with van der Waals surface area (Å²) in [5, 5.41) is 2.25. The van der Waals surface area contributed by atoms with E-state index in [1.165, 1.54) is 0 Å². The van der Waals surface area contributed by atoms with Crippen LogP contribution in [0.25, 0.3) is 0 Å². The van der Waals surface area contributed by atoms with Gasteiger partial charge in [0.25, 0.3) is 0 Å². The van der Waals surface area contributed by atoms with Crippen molar-refractivity contribution in [1.82, 2.24) is 0 Å². The predicted octanol–water partition coefficient (Wildman–Crippen LogP) is -1.26. The normalized spacial score (nSPS) is 13.1. The highest BCUT2D eigenvalue weighted by molar-refractivity contribution is 7.95. The Morgan fingerprint density at radius 3 is 2.00 bits per heavy atom. The molecule has 0 rings (SSSR count). The molecule has 0 saturated carbocycles. The molecule has 0 aliphatic rings. The van der Waals surface area contributed by atoms with E-state index in [1.807, 2.05) is 21.1 Å². The lowest BCUT2D eigenvalue weighted by Crippen LogP contribution is -2.37. The molecular weight excluding hydrogens is 178 g/mol. The standard InChI is InChI=1S/C6H14NO2SSi/c1-7(2,3)11-6-5-10(4,8)9/h11H2,1-4H3/q+1. The molecule has 11 heavy (non-hydrogen) atoms. The topological polar surface area (TPSA) is 34.1 Å². The average Bonchev–Trinajstić information content (AvgIpc) is 1.55. The highest BCUT2D eigenvalue weighted by Crippen LogP contribution is 1.83. The summed E-state index contributed by atoms with van der Waals surface area (Å²) in [5.74, 6) is 0. The molecule has 0 spiro atoms. The smallest absolute Gasteiger partial charge is 0.336 e. The fraction of sp³-hybridized carbons (Fsp3) is 0.667. The number of hydrogen-bond acceptors (Lipinski definition) is 2. The first-order valence-electron chi connectivity index (χ1n) is 3.21. The zero-order chi connectivity index (χ0) is 9.12. The zero-order valence-electron chi connectivity index (χ0n) is 7.38. The number of rotatable bonds is 1. The highest BCUT2D eigenvalue weighted by Gasteiger charge is 2.04. The Balaban J connectivity index is 4.16. The molecular formula is C6H14NO2SSi+. The van der Waals surface area contributed by atoms with Crippen molar-refractivity contribution in [3.05, 3.63) is 0 Å². The maximum atomic E-state index is 10.6. The molecule has 0 bridgehead atoms. The quantitative estimate of drug-likeness (QED) is 0.384. The lowest BCUT2D eigenvalue weighted by atomic mass is 11.0. The highest BCUT2D eigenvalue weighted by atomic mass is 32.2. The van der Waals surface area contributed by atoms with Gasteiger partial charge in [-0.2, -0.15) is 0 Å². The van der Waals surface area contributed by atoms with Gasteiger partial charge in [-0.25, -0.2) is 8.42 Å². The molecule has 0 unspecified atom stereocenters. The fourth-order valence-corrected chi connectivity index (χ4v) is 2.18. The Bertz CT molecular complexity index is 278. The number of hydrogen-bond donors (Lipinski definition) is 0. The molecule has 0 amide bonds. The summed E-state index contributed by atoms with van der Waals surface area (Å²) in [6.45, 7) is 0. The van der Waals surface area contributed by atoms with E-state index >= 15 is 0 Å². The molecule has 0 aromatic rings. The molecule has 0 heterocycles. The van der Waals surface area contributed by atoms with Crippen LogP contribution in [-0.2, 0) is 9.84 Å². The van der Waals surface area contributed by atoms with Gasteiger partial charge in [-0.15, -0.1) is 0 Å². The van der Waals surface area contributed by atoms with Crippen molar-refractivity contribution in [3.63, 3.8) is 0 Å². The first-order valence-corrected chi connectivity index (χ1v) is 6.44. The molecule has 0 aliphatic heterocycles. The van der Waals surface area contributed by atoms with E-state index < -0.39 is 19.5 Å². The van der Waals surface area contributed by atoms with E-state index in [0.717, 1.165) is 10.4 Å². The largest absolute Gasteiger partial charge is 0.386 e. The van der Waals surface area contributed by atoms with E-state index in [1.54, 1.807) is 0 Å². The molecule has 0 radical (unpaired) electrons. The van der Waals surface area contributed by atoms with Gasteiger partial charge in [0.1, 0.15) is 0 Å². The van der Waals surface area contributed by atoms with Crippen LogP contribution in [0.1, 0.15) is 0 Å². The molecule has 0 fully saturated rings. The van der Waals surface area contributed by atoms with E-state index in [4.69, 9.17) is 0 Å². The first-order chi connectivity index (χ1) is 4.71. The fourth-order valence-electron chi connectivity index (χ4n) is 0.401. The van der Waals surface area contributed by atoms with Crippen LogP contribution in [0.5, 0.6) is 0 Å². The van der Waals surface area contributed by atoms with Crippen LogP contribution >= 0.6 is 0 Å².